The van der Waals surface area contributed by atoms with E-state index in [2.05, 4.69) is 18.7 Å². The summed E-state index contributed by atoms with van der Waals surface area (Å²) in [6.07, 6.45) is 3.67. The molecule has 2 rings (SSSR count). The number of piperidine rings is 1. The van der Waals surface area contributed by atoms with Crippen molar-refractivity contribution in [1.29, 1.82) is 0 Å². The van der Waals surface area contributed by atoms with Crippen molar-refractivity contribution in [2.45, 2.75) is 33.1 Å². The van der Waals surface area contributed by atoms with Gasteiger partial charge in [0.05, 0.1) is 6.61 Å². The van der Waals surface area contributed by atoms with Crippen LogP contribution in [-0.4, -0.2) is 36.1 Å². The van der Waals surface area contributed by atoms with Gasteiger partial charge < -0.3 is 15.4 Å². The predicted octanol–water partition coefficient (Wildman–Crippen LogP) is 3.21. The van der Waals surface area contributed by atoms with Crippen LogP contribution in [0, 0.1) is 5.41 Å². The molecule has 0 aromatic heterocycles. The smallest absolute Gasteiger partial charge is 0.119 e. The molecule has 0 unspecified atom stereocenters. The van der Waals surface area contributed by atoms with Gasteiger partial charge in [0.25, 0.3) is 0 Å². The summed E-state index contributed by atoms with van der Waals surface area (Å²) in [5.41, 5.74) is 6.98. The third kappa shape index (κ3) is 5.29. The van der Waals surface area contributed by atoms with Crippen LogP contribution in [0.4, 0.5) is 0 Å². The lowest BCUT2D eigenvalue weighted by Crippen LogP contribution is -2.38. The van der Waals surface area contributed by atoms with Gasteiger partial charge in [-0.3, -0.25) is 0 Å². The monoisotopic (exact) mass is 306 g/mol. The van der Waals surface area contributed by atoms with Crippen LogP contribution in [0.5, 0.6) is 5.75 Å². The summed E-state index contributed by atoms with van der Waals surface area (Å²) in [5.74, 6) is 0.884. The van der Waals surface area contributed by atoms with Gasteiger partial charge in [-0.25, -0.2) is 0 Å². The minimum atomic E-state index is 0.426. The Kier molecular flexibility index (Phi) is 5.59. The summed E-state index contributed by atoms with van der Waals surface area (Å²) in [7, 11) is 0. The predicted molar refractivity (Wildman–Crippen MR) is 91.9 cm³/mol. The summed E-state index contributed by atoms with van der Waals surface area (Å²) in [4.78, 5) is 2.97. The van der Waals surface area contributed by atoms with E-state index in [1.54, 1.807) is 0 Å². The van der Waals surface area contributed by atoms with Crippen molar-refractivity contribution in [3.63, 3.8) is 0 Å². The minimum absolute atomic E-state index is 0.426. The number of likely N-dealkylation sites (tertiary alicyclic amines) is 1. The SMILES string of the molecule is CC1(C)CCN(CCCOc2ccc(C(N)=S)cc2)CC1. The molecule has 0 bridgehead atoms. The number of benzene rings is 1. The molecule has 3 nitrogen and oxygen atoms in total. The van der Waals surface area contributed by atoms with Crippen molar-refractivity contribution >= 4 is 17.2 Å². The first-order chi connectivity index (χ1) is 9.96. The number of thiocarbonyl (C=S) groups is 1. The van der Waals surface area contributed by atoms with Crippen molar-refractivity contribution in [3.8, 4) is 5.75 Å². The molecule has 1 saturated heterocycles. The lowest BCUT2D eigenvalue weighted by molar-refractivity contribution is 0.126. The maximum absolute atomic E-state index is 5.76. The number of ether oxygens (including phenoxy) is 1. The fourth-order valence-electron chi connectivity index (χ4n) is 2.58. The number of hydrogen-bond donors (Lipinski definition) is 1. The van der Waals surface area contributed by atoms with E-state index in [9.17, 15) is 0 Å². The zero-order valence-corrected chi connectivity index (χ0v) is 13.9. The third-order valence-corrected chi connectivity index (χ3v) is 4.47. The summed E-state index contributed by atoms with van der Waals surface area (Å²) >= 11 is 4.93. The standard InChI is InChI=1S/C17H26N2OS/c1-17(2)8-11-19(12-9-17)10-3-13-20-15-6-4-14(5-7-15)16(18)21/h4-7H,3,8-13H2,1-2H3,(H2,18,21). The van der Waals surface area contributed by atoms with E-state index in [0.717, 1.165) is 30.9 Å². The zero-order valence-electron chi connectivity index (χ0n) is 13.1. The molecule has 0 amide bonds. The molecule has 4 heteroatoms. The summed E-state index contributed by atoms with van der Waals surface area (Å²) in [6.45, 7) is 9.05. The number of rotatable bonds is 6. The quantitative estimate of drug-likeness (QED) is 0.647. The van der Waals surface area contributed by atoms with Crippen LogP contribution in [-0.2, 0) is 0 Å². The fourth-order valence-corrected chi connectivity index (χ4v) is 2.71. The molecule has 21 heavy (non-hydrogen) atoms. The maximum atomic E-state index is 5.76. The molecular weight excluding hydrogens is 280 g/mol. The third-order valence-electron chi connectivity index (χ3n) is 4.24. The highest BCUT2D eigenvalue weighted by Gasteiger charge is 2.24. The first-order valence-electron chi connectivity index (χ1n) is 7.71. The molecule has 1 aliphatic heterocycles. The number of nitrogens with zero attached hydrogens (tertiary/aromatic N) is 1. The second-order valence-corrected chi connectivity index (χ2v) is 7.04. The van der Waals surface area contributed by atoms with Gasteiger partial charge in [0.15, 0.2) is 0 Å². The summed E-state index contributed by atoms with van der Waals surface area (Å²) in [5, 5.41) is 0. The Morgan fingerprint density at radius 3 is 2.43 bits per heavy atom. The molecule has 0 radical (unpaired) electrons. The summed E-state index contributed by atoms with van der Waals surface area (Å²) in [6, 6.07) is 7.67. The molecule has 1 heterocycles. The van der Waals surface area contributed by atoms with Gasteiger partial charge in [-0.2, -0.15) is 0 Å². The van der Waals surface area contributed by atoms with E-state index in [4.69, 9.17) is 22.7 Å². The van der Waals surface area contributed by atoms with Gasteiger partial charge in [-0.05, 0) is 62.0 Å². The van der Waals surface area contributed by atoms with Crippen LogP contribution in [0.3, 0.4) is 0 Å². The lowest BCUT2D eigenvalue weighted by Gasteiger charge is -2.36. The van der Waals surface area contributed by atoms with Crippen LogP contribution in [0.25, 0.3) is 0 Å². The molecule has 2 N–H and O–H groups in total. The van der Waals surface area contributed by atoms with Crippen LogP contribution in [0.2, 0.25) is 0 Å². The van der Waals surface area contributed by atoms with Gasteiger partial charge in [-0.15, -0.1) is 0 Å². The highest BCUT2D eigenvalue weighted by Crippen LogP contribution is 2.29. The van der Waals surface area contributed by atoms with E-state index in [1.807, 2.05) is 24.3 Å². The Labute approximate surface area is 133 Å². The molecule has 0 spiro atoms. The van der Waals surface area contributed by atoms with Gasteiger partial charge >= 0.3 is 0 Å². The Morgan fingerprint density at radius 2 is 1.86 bits per heavy atom. The van der Waals surface area contributed by atoms with Gasteiger partial charge in [0.2, 0.25) is 0 Å². The second kappa shape index (κ2) is 7.23. The highest BCUT2D eigenvalue weighted by molar-refractivity contribution is 7.80. The molecule has 0 saturated carbocycles. The Bertz CT molecular complexity index is 460. The van der Waals surface area contributed by atoms with E-state index in [-0.39, 0.29) is 0 Å². The van der Waals surface area contributed by atoms with Crippen molar-refractivity contribution in [2.75, 3.05) is 26.2 Å². The molecule has 0 atom stereocenters. The van der Waals surface area contributed by atoms with Gasteiger partial charge in [-0.1, -0.05) is 26.1 Å². The molecule has 1 fully saturated rings. The maximum Gasteiger partial charge on any atom is 0.119 e. The van der Waals surface area contributed by atoms with Gasteiger partial charge in [0, 0.05) is 12.1 Å². The Hall–Kier alpha value is -1.13. The van der Waals surface area contributed by atoms with Crippen LogP contribution in [0.1, 0.15) is 38.7 Å². The lowest BCUT2D eigenvalue weighted by atomic mass is 9.83. The molecule has 1 aromatic rings. The molecular formula is C17H26N2OS. The number of hydrogen-bond acceptors (Lipinski definition) is 3. The summed E-state index contributed by atoms with van der Waals surface area (Å²) < 4.78 is 5.76. The van der Waals surface area contributed by atoms with E-state index >= 15 is 0 Å². The first-order valence-corrected chi connectivity index (χ1v) is 8.12. The number of nitrogens with two attached hydrogens (primary N) is 1. The van der Waals surface area contributed by atoms with Crippen LogP contribution < -0.4 is 10.5 Å². The topological polar surface area (TPSA) is 38.5 Å². The first kappa shape index (κ1) is 16.2. The van der Waals surface area contributed by atoms with Crippen molar-refractivity contribution in [1.82, 2.24) is 4.90 Å². The fraction of sp³-hybridized carbons (Fsp3) is 0.588. The van der Waals surface area contributed by atoms with Crippen LogP contribution in [0.15, 0.2) is 24.3 Å². The average Bonchev–Trinajstić information content (AvgIpc) is 2.45. The van der Waals surface area contributed by atoms with Gasteiger partial charge in [0.1, 0.15) is 10.7 Å². The molecule has 116 valence electrons. The normalized spacial score (nSPS) is 18.4. The molecule has 1 aromatic carbocycles. The highest BCUT2D eigenvalue weighted by atomic mass is 32.1. The van der Waals surface area contributed by atoms with E-state index < -0.39 is 0 Å². The van der Waals surface area contributed by atoms with E-state index in [0.29, 0.717) is 10.4 Å². The Balaban J connectivity index is 1.65. The van der Waals surface area contributed by atoms with E-state index in [1.165, 1.54) is 25.9 Å². The molecule has 0 aliphatic carbocycles. The van der Waals surface area contributed by atoms with Crippen molar-refractivity contribution in [3.05, 3.63) is 29.8 Å². The Morgan fingerprint density at radius 1 is 1.24 bits per heavy atom. The zero-order chi connectivity index (χ0) is 15.3. The average molecular weight is 306 g/mol. The minimum Gasteiger partial charge on any atom is -0.494 e. The van der Waals surface area contributed by atoms with Crippen molar-refractivity contribution < 1.29 is 4.74 Å². The second-order valence-electron chi connectivity index (χ2n) is 6.60. The molecule has 1 aliphatic rings. The van der Waals surface area contributed by atoms with Crippen LogP contribution >= 0.6 is 12.2 Å². The van der Waals surface area contributed by atoms with Crippen molar-refractivity contribution in [2.24, 2.45) is 11.1 Å². The largest absolute Gasteiger partial charge is 0.494 e.